The van der Waals surface area contributed by atoms with Crippen LogP contribution >= 0.6 is 11.6 Å². The van der Waals surface area contributed by atoms with Gasteiger partial charge in [0.2, 0.25) is 0 Å². The second-order valence-electron chi connectivity index (χ2n) is 12.3. The van der Waals surface area contributed by atoms with E-state index in [9.17, 15) is 5.11 Å². The molecule has 6 rings (SSSR count). The maximum absolute atomic E-state index is 17.1. The molecule has 3 aromatic carbocycles. The molecule has 3 heterocycles. The zero-order chi connectivity index (χ0) is 31.0. The lowest BCUT2D eigenvalue weighted by Crippen LogP contribution is -2.46. The van der Waals surface area contributed by atoms with E-state index in [2.05, 4.69) is 23.9 Å². The van der Waals surface area contributed by atoms with Gasteiger partial charge in [0.15, 0.2) is 12.6 Å². The number of likely N-dealkylation sites (N-methyl/N-ethyl adjacent to an activating group) is 1. The fourth-order valence-corrected chi connectivity index (χ4v) is 6.95. The molecule has 2 aliphatic rings. The molecule has 0 bridgehead atoms. The molecule has 0 spiro atoms. The van der Waals surface area contributed by atoms with Gasteiger partial charge in [0.05, 0.1) is 10.6 Å². The molecule has 8 nitrogen and oxygen atoms in total. The van der Waals surface area contributed by atoms with Crippen molar-refractivity contribution in [3.63, 3.8) is 0 Å². The van der Waals surface area contributed by atoms with Crippen molar-refractivity contribution in [3.05, 3.63) is 52.8 Å². The molecular formula is C34H40ClFN4O4. The van der Waals surface area contributed by atoms with Crippen LogP contribution in [0.25, 0.3) is 32.8 Å². The minimum absolute atomic E-state index is 0.0550. The average Bonchev–Trinajstić information content (AvgIpc) is 3.42. The maximum atomic E-state index is 17.1. The highest BCUT2D eigenvalue weighted by molar-refractivity contribution is 6.35. The number of hydrogen-bond acceptors (Lipinski definition) is 8. The third-order valence-corrected chi connectivity index (χ3v) is 9.22. The Morgan fingerprint density at radius 2 is 1.98 bits per heavy atom. The number of fused-ring (bicyclic) bond motifs is 2. The Morgan fingerprint density at radius 1 is 1.14 bits per heavy atom. The first-order chi connectivity index (χ1) is 21.2. The second-order valence-corrected chi connectivity index (χ2v) is 12.7. The lowest BCUT2D eigenvalue weighted by atomic mass is 9.92. The van der Waals surface area contributed by atoms with Gasteiger partial charge in [0.25, 0.3) is 0 Å². The number of anilines is 1. The number of aryl methyl sites for hydroxylation is 1. The Kier molecular flexibility index (Phi) is 8.84. The van der Waals surface area contributed by atoms with Crippen molar-refractivity contribution in [3.8, 4) is 22.9 Å². The van der Waals surface area contributed by atoms with E-state index in [-0.39, 0.29) is 34.9 Å². The van der Waals surface area contributed by atoms with Crippen LogP contribution in [0.15, 0.2) is 36.4 Å². The minimum Gasteiger partial charge on any atom is -0.468 e. The van der Waals surface area contributed by atoms with Gasteiger partial charge in [0.1, 0.15) is 23.7 Å². The van der Waals surface area contributed by atoms with Crippen LogP contribution in [0.5, 0.6) is 11.8 Å². The predicted molar refractivity (Wildman–Crippen MR) is 173 cm³/mol. The molecule has 0 aliphatic carbocycles. The molecule has 2 atom stereocenters. The Hall–Kier alpha value is -3.24. The van der Waals surface area contributed by atoms with Gasteiger partial charge in [-0.3, -0.25) is 0 Å². The van der Waals surface area contributed by atoms with E-state index in [0.29, 0.717) is 48.6 Å². The van der Waals surface area contributed by atoms with E-state index in [4.69, 9.17) is 30.8 Å². The highest BCUT2D eigenvalue weighted by Crippen LogP contribution is 2.44. The van der Waals surface area contributed by atoms with Crippen molar-refractivity contribution in [2.75, 3.05) is 52.1 Å². The summed E-state index contributed by atoms with van der Waals surface area (Å²) in [6.07, 6.45) is 4.33. The Morgan fingerprint density at radius 3 is 2.70 bits per heavy atom. The average molecular weight is 623 g/mol. The number of β-amino-alcohol motifs (C(OH)–C–C–N with tert-alkyl or cyclic N) is 1. The van der Waals surface area contributed by atoms with Crippen LogP contribution in [0.3, 0.4) is 0 Å². The summed E-state index contributed by atoms with van der Waals surface area (Å²) < 4.78 is 34.2. The van der Waals surface area contributed by atoms with E-state index in [0.717, 1.165) is 48.6 Å². The third-order valence-electron chi connectivity index (χ3n) is 8.92. The molecule has 2 saturated heterocycles. The monoisotopic (exact) mass is 622 g/mol. The first-order valence-corrected chi connectivity index (χ1v) is 15.7. The summed E-state index contributed by atoms with van der Waals surface area (Å²) in [6.45, 7) is 6.38. The predicted octanol–water partition coefficient (Wildman–Crippen LogP) is 6.61. The number of nitrogens with zero attached hydrogens (tertiary/aromatic N) is 4. The largest absolute Gasteiger partial charge is 0.468 e. The normalized spacial score (nSPS) is 21.0. The summed E-state index contributed by atoms with van der Waals surface area (Å²) in [5.41, 5.74) is 1.15. The van der Waals surface area contributed by atoms with Gasteiger partial charge in [-0.1, -0.05) is 36.7 Å². The molecule has 1 N–H and O–H groups in total. The van der Waals surface area contributed by atoms with Gasteiger partial charge in [0, 0.05) is 37.2 Å². The molecule has 0 saturated carbocycles. The van der Waals surface area contributed by atoms with Crippen molar-refractivity contribution >= 4 is 39.1 Å². The van der Waals surface area contributed by atoms with Gasteiger partial charge in [-0.15, -0.1) is 0 Å². The fraction of sp³-hybridized carbons (Fsp3) is 0.471. The quantitative estimate of drug-likeness (QED) is 0.209. The highest BCUT2D eigenvalue weighted by atomic mass is 35.5. The third kappa shape index (κ3) is 6.03. The van der Waals surface area contributed by atoms with E-state index >= 15 is 4.39 Å². The highest BCUT2D eigenvalue weighted by Gasteiger charge is 2.32. The van der Waals surface area contributed by atoms with Gasteiger partial charge in [-0.2, -0.15) is 9.97 Å². The zero-order valence-corrected chi connectivity index (χ0v) is 26.6. The molecule has 234 valence electrons. The molecule has 10 heteroatoms. The fourth-order valence-electron chi connectivity index (χ4n) is 6.65. The van der Waals surface area contributed by atoms with E-state index in [1.54, 1.807) is 13.2 Å². The van der Waals surface area contributed by atoms with Crippen LogP contribution in [0.4, 0.5) is 10.2 Å². The number of rotatable bonds is 9. The minimum atomic E-state index is -0.899. The van der Waals surface area contributed by atoms with Crippen LogP contribution < -0.4 is 14.4 Å². The summed E-state index contributed by atoms with van der Waals surface area (Å²) in [6, 6.07) is 11.9. The first kappa shape index (κ1) is 30.8. The summed E-state index contributed by atoms with van der Waals surface area (Å²) >= 11 is 7.00. The topological polar surface area (TPSA) is 80.2 Å². The first-order valence-electron chi connectivity index (χ1n) is 15.4. The number of aromatic nitrogens is 2. The number of methoxy groups -OCH3 is 1. The van der Waals surface area contributed by atoms with Gasteiger partial charge >= 0.3 is 6.01 Å². The molecule has 0 amide bonds. The summed E-state index contributed by atoms with van der Waals surface area (Å²) in [7, 11) is 3.64. The summed E-state index contributed by atoms with van der Waals surface area (Å²) in [4.78, 5) is 13.7. The number of halogens is 2. The van der Waals surface area contributed by atoms with E-state index in [1.165, 1.54) is 0 Å². The number of likely N-dealkylation sites (tertiary alicyclic amines) is 1. The Bertz CT molecular complexity index is 1680. The summed E-state index contributed by atoms with van der Waals surface area (Å²) in [5, 5.41) is 13.4. The van der Waals surface area contributed by atoms with Crippen molar-refractivity contribution < 1.29 is 23.7 Å². The van der Waals surface area contributed by atoms with Crippen molar-refractivity contribution in [2.24, 2.45) is 0 Å². The van der Waals surface area contributed by atoms with Gasteiger partial charge < -0.3 is 29.1 Å². The number of ether oxygens (including phenoxy) is 3. The number of benzene rings is 3. The SMILES string of the molecule is CCc1cccc2cc(OCOC)cc(-c3c(Cl)cc4c(N5CCCC(C)(O)C5)nc(OC[C@@H]5CCCN5C)nc4c3F)c12. The van der Waals surface area contributed by atoms with Crippen LogP contribution in [-0.4, -0.2) is 78.8 Å². The molecule has 1 unspecified atom stereocenters. The van der Waals surface area contributed by atoms with E-state index in [1.807, 2.05) is 42.2 Å². The van der Waals surface area contributed by atoms with Crippen LogP contribution in [-0.2, 0) is 11.2 Å². The zero-order valence-electron chi connectivity index (χ0n) is 25.8. The summed E-state index contributed by atoms with van der Waals surface area (Å²) in [5.74, 6) is 0.494. The van der Waals surface area contributed by atoms with Crippen LogP contribution in [0.2, 0.25) is 5.02 Å². The Balaban J connectivity index is 1.55. The lowest BCUT2D eigenvalue weighted by Gasteiger charge is -2.38. The van der Waals surface area contributed by atoms with Crippen molar-refractivity contribution in [2.45, 2.75) is 57.6 Å². The molecule has 2 fully saturated rings. The maximum Gasteiger partial charge on any atom is 0.319 e. The smallest absolute Gasteiger partial charge is 0.319 e. The van der Waals surface area contributed by atoms with Crippen LogP contribution in [0, 0.1) is 5.82 Å². The number of aliphatic hydroxyl groups is 1. The van der Waals surface area contributed by atoms with E-state index < -0.39 is 11.4 Å². The number of piperidine rings is 1. The lowest BCUT2D eigenvalue weighted by molar-refractivity contribution is 0.0447. The molecular weight excluding hydrogens is 583 g/mol. The molecule has 0 radical (unpaired) electrons. The molecule has 44 heavy (non-hydrogen) atoms. The van der Waals surface area contributed by atoms with Crippen molar-refractivity contribution in [1.82, 2.24) is 14.9 Å². The molecule has 1 aromatic heterocycles. The van der Waals surface area contributed by atoms with Crippen LogP contribution in [0.1, 0.15) is 45.1 Å². The Labute approximate surface area is 262 Å². The second kappa shape index (κ2) is 12.6. The van der Waals surface area contributed by atoms with Gasteiger partial charge in [-0.25, -0.2) is 4.39 Å². The van der Waals surface area contributed by atoms with Crippen molar-refractivity contribution in [1.29, 1.82) is 0 Å². The molecule has 4 aromatic rings. The molecule has 2 aliphatic heterocycles. The van der Waals surface area contributed by atoms with Gasteiger partial charge in [-0.05, 0) is 92.7 Å². The standard InChI is InChI=1S/C34H40ClFN4O4/c1-5-21-9-6-10-22-15-24(44-20-42-4)16-25(28(21)22)29-27(35)17-26-31(30(29)36)37-33(43-18-23-11-7-13-39(23)3)38-32(26)40-14-8-12-34(2,41)19-40/h6,9-10,15-17,23,41H,5,7-8,11-14,18-20H2,1-4H3/t23-,34?/m0/s1. The number of hydrogen-bond donors (Lipinski definition) is 1.